The molecule has 16 heavy (non-hydrogen) atoms. The molecule has 1 aromatic rings. The first-order valence-corrected chi connectivity index (χ1v) is 6.44. The van der Waals surface area contributed by atoms with Crippen LogP contribution < -0.4 is 5.32 Å². The zero-order chi connectivity index (χ0) is 11.6. The quantitative estimate of drug-likeness (QED) is 0.901. The lowest BCUT2D eigenvalue weighted by Crippen LogP contribution is -2.48. The Balaban J connectivity index is 1.92. The smallest absolute Gasteiger partial charge is 0.112 e. The average Bonchev–Trinajstić information content (AvgIpc) is 2.21. The topological polar surface area (TPSA) is 21.3 Å². The number of benzene rings is 1. The molecular formula is C13H18BrNO. The number of rotatable bonds is 2. The third-order valence-electron chi connectivity index (χ3n) is 2.79. The highest BCUT2D eigenvalue weighted by molar-refractivity contribution is 9.10. The summed E-state index contributed by atoms with van der Waals surface area (Å²) < 4.78 is 6.94. The van der Waals surface area contributed by atoms with Crippen LogP contribution in [0.25, 0.3) is 0 Å². The summed E-state index contributed by atoms with van der Waals surface area (Å²) in [7, 11) is 0. The van der Waals surface area contributed by atoms with Crippen molar-refractivity contribution >= 4 is 15.9 Å². The van der Waals surface area contributed by atoms with Gasteiger partial charge in [0.15, 0.2) is 0 Å². The maximum absolute atomic E-state index is 5.81. The van der Waals surface area contributed by atoms with Gasteiger partial charge in [-0.2, -0.15) is 0 Å². The molecule has 88 valence electrons. The molecule has 0 aromatic heterocycles. The van der Waals surface area contributed by atoms with E-state index in [0.29, 0.717) is 0 Å². The maximum atomic E-state index is 5.81. The minimum atomic E-state index is 0.155. The fourth-order valence-electron chi connectivity index (χ4n) is 1.84. The summed E-state index contributed by atoms with van der Waals surface area (Å²) in [6.45, 7) is 6.29. The summed E-state index contributed by atoms with van der Waals surface area (Å²) in [6, 6.07) is 8.38. The lowest BCUT2D eigenvalue weighted by Gasteiger charge is -2.35. The van der Waals surface area contributed by atoms with Crippen molar-refractivity contribution in [2.75, 3.05) is 13.2 Å². The van der Waals surface area contributed by atoms with E-state index < -0.39 is 0 Å². The second-order valence-electron chi connectivity index (χ2n) is 5.18. The molecule has 1 heterocycles. The van der Waals surface area contributed by atoms with Crippen LogP contribution in [-0.4, -0.2) is 19.4 Å². The van der Waals surface area contributed by atoms with Gasteiger partial charge in [0.25, 0.3) is 0 Å². The zero-order valence-corrected chi connectivity index (χ0v) is 11.4. The molecular weight excluding hydrogens is 266 g/mol. The first-order valence-electron chi connectivity index (χ1n) is 5.65. The van der Waals surface area contributed by atoms with E-state index in [1.807, 2.05) is 6.07 Å². The van der Waals surface area contributed by atoms with Crippen LogP contribution >= 0.6 is 15.9 Å². The van der Waals surface area contributed by atoms with Gasteiger partial charge in [0.1, 0.15) is 6.23 Å². The van der Waals surface area contributed by atoms with Crippen molar-refractivity contribution in [1.82, 2.24) is 5.32 Å². The zero-order valence-electron chi connectivity index (χ0n) is 9.79. The number of nitrogens with one attached hydrogen (secondary N) is 1. The molecule has 0 aliphatic carbocycles. The molecule has 1 unspecified atom stereocenters. The minimum absolute atomic E-state index is 0.155. The third kappa shape index (κ3) is 3.30. The van der Waals surface area contributed by atoms with E-state index in [1.165, 1.54) is 5.56 Å². The van der Waals surface area contributed by atoms with Crippen LogP contribution in [0.3, 0.4) is 0 Å². The highest BCUT2D eigenvalue weighted by Gasteiger charge is 2.26. The molecule has 1 atom stereocenters. The molecule has 1 aliphatic heterocycles. The number of ether oxygens (including phenoxy) is 1. The van der Waals surface area contributed by atoms with E-state index in [0.717, 1.165) is 24.0 Å². The Morgan fingerprint density at radius 2 is 2.31 bits per heavy atom. The summed E-state index contributed by atoms with van der Waals surface area (Å²) in [5, 5.41) is 3.44. The first-order chi connectivity index (χ1) is 7.55. The highest BCUT2D eigenvalue weighted by atomic mass is 79.9. The number of halogens is 1. The lowest BCUT2D eigenvalue weighted by atomic mass is 9.93. The Morgan fingerprint density at radius 1 is 1.50 bits per heavy atom. The predicted octanol–water partition coefficient (Wildman–Crippen LogP) is 2.96. The molecule has 1 fully saturated rings. The molecule has 1 N–H and O–H groups in total. The summed E-state index contributed by atoms with van der Waals surface area (Å²) in [6.07, 6.45) is 1.08. The Morgan fingerprint density at radius 3 is 2.94 bits per heavy atom. The van der Waals surface area contributed by atoms with Gasteiger partial charge in [-0.05, 0) is 17.7 Å². The van der Waals surface area contributed by atoms with E-state index in [2.05, 4.69) is 53.3 Å². The molecule has 0 radical (unpaired) electrons. The second kappa shape index (κ2) is 4.86. The summed E-state index contributed by atoms with van der Waals surface area (Å²) in [5.41, 5.74) is 1.56. The van der Waals surface area contributed by atoms with Gasteiger partial charge in [-0.1, -0.05) is 41.9 Å². The van der Waals surface area contributed by atoms with Gasteiger partial charge < -0.3 is 4.74 Å². The van der Waals surface area contributed by atoms with Crippen LogP contribution in [0.5, 0.6) is 0 Å². The van der Waals surface area contributed by atoms with Crippen molar-refractivity contribution in [1.29, 1.82) is 0 Å². The summed E-state index contributed by atoms with van der Waals surface area (Å²) in [4.78, 5) is 0. The molecule has 1 aromatic carbocycles. The van der Waals surface area contributed by atoms with Gasteiger partial charge in [-0.15, -0.1) is 0 Å². The van der Waals surface area contributed by atoms with Crippen molar-refractivity contribution < 1.29 is 4.74 Å². The lowest BCUT2D eigenvalue weighted by molar-refractivity contribution is -0.0566. The van der Waals surface area contributed by atoms with Crippen molar-refractivity contribution in [3.05, 3.63) is 34.3 Å². The molecule has 0 saturated carbocycles. The number of hydrogen-bond acceptors (Lipinski definition) is 2. The molecule has 0 amide bonds. The predicted molar refractivity (Wildman–Crippen MR) is 69.4 cm³/mol. The SMILES string of the molecule is CC1(C)CNC(Cc2cccc(Br)c2)OC1. The molecule has 2 rings (SSSR count). The molecule has 1 aliphatic rings. The van der Waals surface area contributed by atoms with Gasteiger partial charge >= 0.3 is 0 Å². The van der Waals surface area contributed by atoms with Gasteiger partial charge in [0, 0.05) is 22.9 Å². The van der Waals surface area contributed by atoms with E-state index in [-0.39, 0.29) is 11.6 Å². The summed E-state index contributed by atoms with van der Waals surface area (Å²) in [5.74, 6) is 0. The van der Waals surface area contributed by atoms with Crippen molar-refractivity contribution in [3.63, 3.8) is 0 Å². The minimum Gasteiger partial charge on any atom is -0.362 e. The van der Waals surface area contributed by atoms with Gasteiger partial charge in [-0.25, -0.2) is 0 Å². The van der Waals surface area contributed by atoms with E-state index in [9.17, 15) is 0 Å². The Bertz CT molecular complexity index is 355. The van der Waals surface area contributed by atoms with Gasteiger partial charge in [0.2, 0.25) is 0 Å². The van der Waals surface area contributed by atoms with E-state index >= 15 is 0 Å². The average molecular weight is 284 g/mol. The molecule has 3 heteroatoms. The maximum Gasteiger partial charge on any atom is 0.112 e. The number of hydrogen-bond donors (Lipinski definition) is 1. The monoisotopic (exact) mass is 283 g/mol. The second-order valence-corrected chi connectivity index (χ2v) is 6.09. The van der Waals surface area contributed by atoms with Crippen molar-refractivity contribution in [3.8, 4) is 0 Å². The van der Waals surface area contributed by atoms with Crippen LogP contribution in [0, 0.1) is 5.41 Å². The van der Waals surface area contributed by atoms with Crippen molar-refractivity contribution in [2.24, 2.45) is 5.41 Å². The molecule has 2 nitrogen and oxygen atoms in total. The van der Waals surface area contributed by atoms with Crippen LogP contribution in [0.15, 0.2) is 28.7 Å². The van der Waals surface area contributed by atoms with Gasteiger partial charge in [-0.3, -0.25) is 5.32 Å². The van der Waals surface area contributed by atoms with E-state index in [4.69, 9.17) is 4.74 Å². The van der Waals surface area contributed by atoms with Crippen LogP contribution in [0.2, 0.25) is 0 Å². The molecule has 0 spiro atoms. The fourth-order valence-corrected chi connectivity index (χ4v) is 2.28. The Labute approximate surface area is 106 Å². The Hall–Kier alpha value is -0.380. The van der Waals surface area contributed by atoms with Crippen LogP contribution in [-0.2, 0) is 11.2 Å². The van der Waals surface area contributed by atoms with E-state index in [1.54, 1.807) is 0 Å². The summed E-state index contributed by atoms with van der Waals surface area (Å²) >= 11 is 3.48. The third-order valence-corrected chi connectivity index (χ3v) is 3.29. The van der Waals surface area contributed by atoms with Crippen molar-refractivity contribution in [2.45, 2.75) is 26.5 Å². The van der Waals surface area contributed by atoms with Gasteiger partial charge in [0.05, 0.1) is 6.61 Å². The molecule has 1 saturated heterocycles. The van der Waals surface area contributed by atoms with Crippen LogP contribution in [0.1, 0.15) is 19.4 Å². The molecule has 0 bridgehead atoms. The highest BCUT2D eigenvalue weighted by Crippen LogP contribution is 2.21. The fraction of sp³-hybridized carbons (Fsp3) is 0.538. The largest absolute Gasteiger partial charge is 0.362 e. The Kier molecular flexibility index (Phi) is 3.67. The normalized spacial score (nSPS) is 24.3. The first kappa shape index (κ1) is 12.1. The van der Waals surface area contributed by atoms with Crippen LogP contribution in [0.4, 0.5) is 0 Å². The standard InChI is InChI=1S/C13H18BrNO/c1-13(2)8-15-12(16-9-13)7-10-4-3-5-11(14)6-10/h3-6,12,15H,7-9H2,1-2H3.